The van der Waals surface area contributed by atoms with Crippen molar-refractivity contribution in [3.63, 3.8) is 0 Å². The van der Waals surface area contributed by atoms with Gasteiger partial charge in [0.1, 0.15) is 0 Å². The molecule has 0 bridgehead atoms. The zero-order valence-electron chi connectivity index (χ0n) is 13.1. The Balaban J connectivity index is 2.13. The van der Waals surface area contributed by atoms with Crippen LogP contribution in [0, 0.1) is 0 Å². The molecular weight excluding hydrogens is 222 g/mol. The molecule has 0 aliphatic carbocycles. The maximum atomic E-state index is 3.73. The Morgan fingerprint density at radius 1 is 0.944 bits per heavy atom. The highest BCUT2D eigenvalue weighted by Gasteiger charge is 2.41. The Hall–Kier alpha value is -0.120. The molecule has 2 rings (SSSR count). The van der Waals surface area contributed by atoms with Crippen LogP contribution in [0.15, 0.2) is 0 Å². The average Bonchev–Trinajstić information content (AvgIpc) is 2.25. The second kappa shape index (κ2) is 4.77. The van der Waals surface area contributed by atoms with Crippen LogP contribution in [0.5, 0.6) is 0 Å². The zero-order chi connectivity index (χ0) is 13.6. The van der Waals surface area contributed by atoms with Crippen molar-refractivity contribution in [2.75, 3.05) is 26.2 Å². The van der Waals surface area contributed by atoms with E-state index < -0.39 is 0 Å². The molecule has 0 aromatic heterocycles. The van der Waals surface area contributed by atoms with Gasteiger partial charge in [-0.3, -0.25) is 9.80 Å². The van der Waals surface area contributed by atoms with Gasteiger partial charge in [-0.25, -0.2) is 0 Å². The number of hydrogen-bond donors (Lipinski definition) is 1. The number of fused-ring (bicyclic) bond motifs is 1. The van der Waals surface area contributed by atoms with Crippen LogP contribution in [0.25, 0.3) is 0 Å². The summed E-state index contributed by atoms with van der Waals surface area (Å²) in [4.78, 5) is 5.37. The highest BCUT2D eigenvalue weighted by molar-refractivity contribution is 5.00. The topological polar surface area (TPSA) is 18.5 Å². The van der Waals surface area contributed by atoms with Crippen LogP contribution in [-0.4, -0.2) is 59.1 Å². The molecule has 1 N–H and O–H groups in total. The standard InChI is InChI=1S/C15H31N3/c1-14(2,3)17-9-7-12-13(11-17)18(10-8-16-12)15(4,5)6/h12-13,16H,7-11H2,1-6H3. The van der Waals surface area contributed by atoms with Crippen molar-refractivity contribution in [2.45, 2.75) is 71.1 Å². The molecule has 2 heterocycles. The highest BCUT2D eigenvalue weighted by atomic mass is 15.3. The maximum absolute atomic E-state index is 3.73. The average molecular weight is 253 g/mol. The van der Waals surface area contributed by atoms with Gasteiger partial charge in [0.25, 0.3) is 0 Å². The monoisotopic (exact) mass is 253 g/mol. The van der Waals surface area contributed by atoms with Gasteiger partial charge in [0.05, 0.1) is 0 Å². The smallest absolute Gasteiger partial charge is 0.0382 e. The van der Waals surface area contributed by atoms with E-state index in [2.05, 4.69) is 56.7 Å². The zero-order valence-corrected chi connectivity index (χ0v) is 13.1. The van der Waals surface area contributed by atoms with Crippen LogP contribution in [0.2, 0.25) is 0 Å². The first kappa shape index (κ1) is 14.3. The summed E-state index contributed by atoms with van der Waals surface area (Å²) in [6.07, 6.45) is 1.29. The van der Waals surface area contributed by atoms with Gasteiger partial charge in [0.15, 0.2) is 0 Å². The van der Waals surface area contributed by atoms with E-state index in [1.807, 2.05) is 0 Å². The third-order valence-electron chi connectivity index (χ3n) is 4.55. The number of likely N-dealkylation sites (tertiary alicyclic amines) is 1. The molecule has 2 unspecified atom stereocenters. The van der Waals surface area contributed by atoms with Crippen molar-refractivity contribution in [1.29, 1.82) is 0 Å². The first-order chi connectivity index (χ1) is 8.19. The number of nitrogens with zero attached hydrogens (tertiary/aromatic N) is 2. The minimum Gasteiger partial charge on any atom is -0.311 e. The minimum atomic E-state index is 0.284. The Kier molecular flexibility index (Phi) is 3.79. The lowest BCUT2D eigenvalue weighted by molar-refractivity contribution is -0.0315. The first-order valence-electron chi connectivity index (χ1n) is 7.45. The predicted octanol–water partition coefficient (Wildman–Crippen LogP) is 1.93. The molecule has 0 aromatic rings. The van der Waals surface area contributed by atoms with E-state index in [-0.39, 0.29) is 5.54 Å². The van der Waals surface area contributed by atoms with Crippen LogP contribution < -0.4 is 5.32 Å². The van der Waals surface area contributed by atoms with Gasteiger partial charge < -0.3 is 5.32 Å². The van der Waals surface area contributed by atoms with Crippen LogP contribution >= 0.6 is 0 Å². The number of hydrogen-bond acceptors (Lipinski definition) is 3. The summed E-state index contributed by atoms with van der Waals surface area (Å²) in [5.41, 5.74) is 0.581. The molecule has 3 heteroatoms. The fourth-order valence-corrected chi connectivity index (χ4v) is 3.46. The molecule has 0 radical (unpaired) electrons. The summed E-state index contributed by atoms with van der Waals surface area (Å²) in [6.45, 7) is 18.8. The van der Waals surface area contributed by atoms with Gasteiger partial charge in [0, 0.05) is 49.3 Å². The Morgan fingerprint density at radius 2 is 1.61 bits per heavy atom. The molecule has 18 heavy (non-hydrogen) atoms. The van der Waals surface area contributed by atoms with Gasteiger partial charge >= 0.3 is 0 Å². The van der Waals surface area contributed by atoms with E-state index in [1.165, 1.54) is 26.1 Å². The molecule has 2 aliphatic rings. The Bertz CT molecular complexity index is 287. The Morgan fingerprint density at radius 3 is 2.17 bits per heavy atom. The van der Waals surface area contributed by atoms with Crippen molar-refractivity contribution < 1.29 is 0 Å². The van der Waals surface area contributed by atoms with Crippen LogP contribution in [0.4, 0.5) is 0 Å². The molecule has 2 saturated heterocycles. The lowest BCUT2D eigenvalue weighted by Crippen LogP contribution is -2.69. The summed E-state index contributed by atoms with van der Waals surface area (Å²) >= 11 is 0. The molecule has 0 spiro atoms. The second-order valence-electron chi connectivity index (χ2n) is 7.90. The third kappa shape index (κ3) is 2.89. The lowest BCUT2D eigenvalue weighted by Gasteiger charge is -2.54. The quantitative estimate of drug-likeness (QED) is 0.712. The number of nitrogens with one attached hydrogen (secondary N) is 1. The van der Waals surface area contributed by atoms with E-state index in [0.29, 0.717) is 17.6 Å². The molecule has 2 atom stereocenters. The van der Waals surface area contributed by atoms with E-state index in [4.69, 9.17) is 0 Å². The SMILES string of the molecule is CC(C)(C)N1CCC2NCCN(C(C)(C)C)C2C1. The summed E-state index contributed by atoms with van der Waals surface area (Å²) in [5.74, 6) is 0. The largest absolute Gasteiger partial charge is 0.311 e. The fraction of sp³-hybridized carbons (Fsp3) is 1.00. The molecule has 0 aromatic carbocycles. The normalized spacial score (nSPS) is 32.3. The van der Waals surface area contributed by atoms with Crippen molar-refractivity contribution >= 4 is 0 Å². The lowest BCUT2D eigenvalue weighted by atomic mass is 9.88. The molecule has 2 fully saturated rings. The van der Waals surface area contributed by atoms with Gasteiger partial charge in [-0.2, -0.15) is 0 Å². The van der Waals surface area contributed by atoms with Crippen LogP contribution in [0.3, 0.4) is 0 Å². The molecule has 0 saturated carbocycles. The number of rotatable bonds is 0. The molecule has 2 aliphatic heterocycles. The van der Waals surface area contributed by atoms with Crippen molar-refractivity contribution in [2.24, 2.45) is 0 Å². The molecular formula is C15H31N3. The third-order valence-corrected chi connectivity index (χ3v) is 4.55. The van der Waals surface area contributed by atoms with Crippen molar-refractivity contribution in [3.05, 3.63) is 0 Å². The second-order valence-corrected chi connectivity index (χ2v) is 7.90. The fourth-order valence-electron chi connectivity index (χ4n) is 3.46. The van der Waals surface area contributed by atoms with Crippen LogP contribution in [0.1, 0.15) is 48.0 Å². The minimum absolute atomic E-state index is 0.284. The van der Waals surface area contributed by atoms with Crippen molar-refractivity contribution in [3.8, 4) is 0 Å². The van der Waals surface area contributed by atoms with E-state index in [0.717, 1.165) is 6.54 Å². The predicted molar refractivity (Wildman–Crippen MR) is 78.0 cm³/mol. The van der Waals surface area contributed by atoms with E-state index in [9.17, 15) is 0 Å². The highest BCUT2D eigenvalue weighted by Crippen LogP contribution is 2.29. The number of piperidine rings is 1. The summed E-state index contributed by atoms with van der Waals surface area (Å²) in [6, 6.07) is 1.36. The summed E-state index contributed by atoms with van der Waals surface area (Å²) < 4.78 is 0. The van der Waals surface area contributed by atoms with Gasteiger partial charge in [-0.1, -0.05) is 0 Å². The van der Waals surface area contributed by atoms with Gasteiger partial charge in [-0.15, -0.1) is 0 Å². The molecule has 3 nitrogen and oxygen atoms in total. The summed E-state index contributed by atoms with van der Waals surface area (Å²) in [5, 5.41) is 3.73. The summed E-state index contributed by atoms with van der Waals surface area (Å²) in [7, 11) is 0. The number of piperazine rings is 1. The maximum Gasteiger partial charge on any atom is 0.0382 e. The Labute approximate surface area is 113 Å². The molecule has 106 valence electrons. The van der Waals surface area contributed by atoms with Gasteiger partial charge in [-0.05, 0) is 48.0 Å². The van der Waals surface area contributed by atoms with E-state index in [1.54, 1.807) is 0 Å². The van der Waals surface area contributed by atoms with Crippen LogP contribution in [-0.2, 0) is 0 Å². The first-order valence-corrected chi connectivity index (χ1v) is 7.45. The van der Waals surface area contributed by atoms with Gasteiger partial charge in [0.2, 0.25) is 0 Å². The molecule has 0 amide bonds. The van der Waals surface area contributed by atoms with Crippen molar-refractivity contribution in [1.82, 2.24) is 15.1 Å². The van der Waals surface area contributed by atoms with E-state index >= 15 is 0 Å².